The van der Waals surface area contributed by atoms with E-state index in [2.05, 4.69) is 16.3 Å². The van der Waals surface area contributed by atoms with Crippen LogP contribution in [0.15, 0.2) is 54.6 Å². The Morgan fingerprint density at radius 3 is 2.56 bits per heavy atom. The largest absolute Gasteiger partial charge is 0.465 e. The maximum absolute atomic E-state index is 12.5. The number of aromatic nitrogens is 2. The Morgan fingerprint density at radius 2 is 1.86 bits per heavy atom. The summed E-state index contributed by atoms with van der Waals surface area (Å²) in [4.78, 5) is 26.9. The molecule has 0 fully saturated rings. The Hall–Kier alpha value is -3.81. The Balaban J connectivity index is 1.62. The summed E-state index contributed by atoms with van der Waals surface area (Å²) in [5.41, 5.74) is 4.94. The van der Waals surface area contributed by atoms with E-state index < -0.39 is 11.7 Å². The van der Waals surface area contributed by atoms with Gasteiger partial charge in [-0.05, 0) is 82.5 Å². The second kappa shape index (κ2) is 10.4. The average Bonchev–Trinajstić information content (AvgIpc) is 3.11. The monoisotopic (exact) mass is 490 g/mol. The zero-order chi connectivity index (χ0) is 25.9. The van der Waals surface area contributed by atoms with Gasteiger partial charge in [-0.1, -0.05) is 18.2 Å². The third kappa shape index (κ3) is 6.05. The molecule has 0 saturated carbocycles. The molecule has 2 heterocycles. The van der Waals surface area contributed by atoms with Crippen molar-refractivity contribution in [3.8, 4) is 5.69 Å². The van der Waals surface area contributed by atoms with Crippen LogP contribution in [0.2, 0.25) is 0 Å². The summed E-state index contributed by atoms with van der Waals surface area (Å²) < 4.78 is 12.4. The number of alkyl carbamates (subject to hydrolysis) is 1. The molecule has 1 N–H and O–H groups in total. The molecule has 1 amide bonds. The van der Waals surface area contributed by atoms with Gasteiger partial charge in [0.25, 0.3) is 0 Å². The van der Waals surface area contributed by atoms with Crippen molar-refractivity contribution in [1.82, 2.24) is 15.1 Å². The number of esters is 1. The predicted octanol–water partition coefficient (Wildman–Crippen LogP) is 4.81. The average molecular weight is 491 g/mol. The lowest BCUT2D eigenvalue weighted by atomic mass is 10.0. The first-order valence-corrected chi connectivity index (χ1v) is 12.2. The molecule has 8 nitrogen and oxygen atoms in total. The van der Waals surface area contributed by atoms with Gasteiger partial charge < -0.3 is 19.7 Å². The van der Waals surface area contributed by atoms with Crippen molar-refractivity contribution >= 4 is 17.7 Å². The number of rotatable bonds is 5. The fourth-order valence-electron chi connectivity index (χ4n) is 4.51. The Labute approximate surface area is 212 Å². The quantitative estimate of drug-likeness (QED) is 0.517. The van der Waals surface area contributed by atoms with Crippen LogP contribution >= 0.6 is 0 Å². The van der Waals surface area contributed by atoms with Crippen molar-refractivity contribution in [1.29, 1.82) is 0 Å². The summed E-state index contributed by atoms with van der Waals surface area (Å²) in [6.45, 7) is 8.72. The molecule has 0 aliphatic carbocycles. The maximum atomic E-state index is 12.5. The summed E-state index contributed by atoms with van der Waals surface area (Å²) in [5, 5.41) is 7.90. The Bertz CT molecular complexity index is 1230. The maximum Gasteiger partial charge on any atom is 0.407 e. The fraction of sp³-hybridized carbons (Fsp3) is 0.393. The van der Waals surface area contributed by atoms with Crippen LogP contribution in [0.25, 0.3) is 5.69 Å². The summed E-state index contributed by atoms with van der Waals surface area (Å²) in [7, 11) is 1.38. The van der Waals surface area contributed by atoms with Crippen LogP contribution in [0.1, 0.15) is 54.5 Å². The molecule has 1 aliphatic heterocycles. The molecule has 1 atom stereocenters. The number of hydrogen-bond donors (Lipinski definition) is 1. The lowest BCUT2D eigenvalue weighted by Gasteiger charge is -2.28. The van der Waals surface area contributed by atoms with Crippen molar-refractivity contribution in [3.05, 3.63) is 77.1 Å². The summed E-state index contributed by atoms with van der Waals surface area (Å²) >= 11 is 0. The molecule has 0 bridgehead atoms. The lowest BCUT2D eigenvalue weighted by Crippen LogP contribution is -2.45. The molecule has 190 valence electrons. The number of carbonyl (C=O) groups is 2. The van der Waals surface area contributed by atoms with Crippen LogP contribution in [0.3, 0.4) is 0 Å². The van der Waals surface area contributed by atoms with E-state index in [0.717, 1.165) is 28.3 Å². The first-order chi connectivity index (χ1) is 17.1. The van der Waals surface area contributed by atoms with E-state index in [1.54, 1.807) is 6.07 Å². The van der Waals surface area contributed by atoms with E-state index in [9.17, 15) is 9.59 Å². The molecule has 3 aromatic rings. The molecule has 1 aromatic heterocycles. The van der Waals surface area contributed by atoms with Gasteiger partial charge in [0.05, 0.1) is 36.6 Å². The van der Waals surface area contributed by atoms with Gasteiger partial charge in [-0.15, -0.1) is 0 Å². The number of anilines is 1. The number of methoxy groups -OCH3 is 1. The van der Waals surface area contributed by atoms with Crippen LogP contribution in [0.4, 0.5) is 10.5 Å². The van der Waals surface area contributed by atoms with E-state index in [4.69, 9.17) is 14.6 Å². The van der Waals surface area contributed by atoms with Gasteiger partial charge in [0.1, 0.15) is 5.60 Å². The number of nitrogens with zero attached hydrogens (tertiary/aromatic N) is 3. The van der Waals surface area contributed by atoms with Gasteiger partial charge in [-0.25, -0.2) is 14.3 Å². The molecule has 0 radical (unpaired) electrons. The van der Waals surface area contributed by atoms with Gasteiger partial charge in [0, 0.05) is 17.9 Å². The molecule has 1 unspecified atom stereocenters. The summed E-state index contributed by atoms with van der Waals surface area (Å²) in [6, 6.07) is 17.6. The van der Waals surface area contributed by atoms with Crippen molar-refractivity contribution in [3.63, 3.8) is 0 Å². The van der Waals surface area contributed by atoms with Gasteiger partial charge in [0.15, 0.2) is 0 Å². The van der Waals surface area contributed by atoms with Crippen LogP contribution in [-0.2, 0) is 22.4 Å². The van der Waals surface area contributed by atoms with Crippen molar-refractivity contribution in [2.45, 2.75) is 58.7 Å². The van der Waals surface area contributed by atoms with Crippen LogP contribution in [0.5, 0.6) is 0 Å². The molecular weight excluding hydrogens is 456 g/mol. The third-order valence-corrected chi connectivity index (χ3v) is 6.06. The highest BCUT2D eigenvalue weighted by Crippen LogP contribution is 2.29. The van der Waals surface area contributed by atoms with E-state index in [-0.39, 0.29) is 12.0 Å². The van der Waals surface area contributed by atoms with E-state index in [1.807, 2.05) is 74.8 Å². The smallest absolute Gasteiger partial charge is 0.407 e. The topological polar surface area (TPSA) is 85.7 Å². The van der Waals surface area contributed by atoms with E-state index >= 15 is 0 Å². The van der Waals surface area contributed by atoms with Crippen LogP contribution in [-0.4, -0.2) is 47.1 Å². The number of amides is 1. The standard InChI is InChI=1S/C28H34N4O4/c1-19-15-23(30-32(19)24-9-7-6-8-10-24)18-31-17-22(29-27(34)36-28(2,3)4)13-11-20-16-21(26(33)35-5)12-14-25(20)31/h6-10,12,14-16,22H,11,13,17-18H2,1-5H3,(H,29,34). The lowest BCUT2D eigenvalue weighted by molar-refractivity contribution is 0.0503. The molecule has 4 rings (SSSR count). The number of hydrogen-bond acceptors (Lipinski definition) is 6. The highest BCUT2D eigenvalue weighted by atomic mass is 16.6. The third-order valence-electron chi connectivity index (χ3n) is 6.06. The minimum Gasteiger partial charge on any atom is -0.465 e. The van der Waals surface area contributed by atoms with Crippen molar-refractivity contribution in [2.75, 3.05) is 18.6 Å². The second-order valence-electron chi connectivity index (χ2n) is 10.1. The Kier molecular flexibility index (Phi) is 7.33. The SMILES string of the molecule is COC(=O)c1ccc2c(c1)CCC(NC(=O)OC(C)(C)C)CN2Cc1cc(C)n(-c2ccccc2)n1. The van der Waals surface area contributed by atoms with Crippen molar-refractivity contribution < 1.29 is 19.1 Å². The number of nitrogens with one attached hydrogen (secondary N) is 1. The predicted molar refractivity (Wildman–Crippen MR) is 139 cm³/mol. The molecule has 0 spiro atoms. The van der Waals surface area contributed by atoms with Crippen LogP contribution in [0, 0.1) is 6.92 Å². The first-order valence-electron chi connectivity index (χ1n) is 12.2. The van der Waals surface area contributed by atoms with Crippen molar-refractivity contribution in [2.24, 2.45) is 0 Å². The number of fused-ring (bicyclic) bond motifs is 1. The number of carbonyl (C=O) groups excluding carboxylic acids is 2. The zero-order valence-corrected chi connectivity index (χ0v) is 21.6. The number of ether oxygens (including phenoxy) is 2. The van der Waals surface area contributed by atoms with Gasteiger partial charge >= 0.3 is 12.1 Å². The summed E-state index contributed by atoms with van der Waals surface area (Å²) in [6.07, 6.45) is 0.984. The summed E-state index contributed by atoms with van der Waals surface area (Å²) in [5.74, 6) is -0.366. The molecule has 1 aliphatic rings. The molecular formula is C28H34N4O4. The first kappa shape index (κ1) is 25.3. The highest BCUT2D eigenvalue weighted by molar-refractivity contribution is 5.90. The highest BCUT2D eigenvalue weighted by Gasteiger charge is 2.27. The number of para-hydroxylation sites is 1. The van der Waals surface area contributed by atoms with Crippen LogP contribution < -0.4 is 10.2 Å². The van der Waals surface area contributed by atoms with Gasteiger partial charge in [-0.2, -0.15) is 5.10 Å². The molecule has 8 heteroatoms. The number of aryl methyl sites for hydroxylation is 2. The van der Waals surface area contributed by atoms with E-state index in [0.29, 0.717) is 31.5 Å². The molecule has 2 aromatic carbocycles. The molecule has 36 heavy (non-hydrogen) atoms. The number of benzene rings is 2. The van der Waals surface area contributed by atoms with E-state index in [1.165, 1.54) is 7.11 Å². The second-order valence-corrected chi connectivity index (χ2v) is 10.1. The fourth-order valence-corrected chi connectivity index (χ4v) is 4.51. The minimum atomic E-state index is -0.575. The Morgan fingerprint density at radius 1 is 1.11 bits per heavy atom. The van der Waals surface area contributed by atoms with Gasteiger partial charge in [0.2, 0.25) is 0 Å². The normalized spacial score (nSPS) is 15.6. The zero-order valence-electron chi connectivity index (χ0n) is 21.6. The van der Waals surface area contributed by atoms with Gasteiger partial charge in [-0.3, -0.25) is 0 Å². The molecule has 0 saturated heterocycles. The minimum absolute atomic E-state index is 0.133.